The van der Waals surface area contributed by atoms with Crippen molar-refractivity contribution in [1.82, 2.24) is 4.37 Å². The highest BCUT2D eigenvalue weighted by Crippen LogP contribution is 2.28. The Morgan fingerprint density at radius 3 is 2.61 bits per heavy atom. The lowest BCUT2D eigenvalue weighted by Gasteiger charge is -2.24. The van der Waals surface area contributed by atoms with Crippen LogP contribution in [0.2, 0.25) is 0 Å². The molecule has 1 heterocycles. The Balaban J connectivity index is 2.99. The third-order valence-electron chi connectivity index (χ3n) is 3.08. The van der Waals surface area contributed by atoms with Crippen LogP contribution in [0, 0.1) is 12.3 Å². The highest BCUT2D eigenvalue weighted by atomic mass is 32.1. The standard InChI is InChI=1S/C11H17N3O3S/c1-4-11(3,5-12)10(17)13-8-7(9(15)16)6(2)14-18-8/h4-5,12H2,1-3H3,(H,13,17)(H,15,16). The SMILES string of the molecule is CCC(C)(CN)C(=O)Nc1snc(C)c1C(=O)O. The number of anilines is 1. The predicted molar refractivity (Wildman–Crippen MR) is 69.9 cm³/mol. The molecule has 4 N–H and O–H groups in total. The maximum atomic E-state index is 12.1. The van der Waals surface area contributed by atoms with Gasteiger partial charge in [-0.3, -0.25) is 4.79 Å². The molecule has 1 aromatic rings. The molecule has 1 unspecified atom stereocenters. The molecule has 0 saturated carbocycles. The van der Waals surface area contributed by atoms with Gasteiger partial charge in [0.2, 0.25) is 5.91 Å². The number of aromatic nitrogens is 1. The van der Waals surface area contributed by atoms with Crippen molar-refractivity contribution in [1.29, 1.82) is 0 Å². The summed E-state index contributed by atoms with van der Waals surface area (Å²) in [6.45, 7) is 5.41. The van der Waals surface area contributed by atoms with E-state index in [4.69, 9.17) is 10.8 Å². The highest BCUT2D eigenvalue weighted by Gasteiger charge is 2.31. The van der Waals surface area contributed by atoms with Gasteiger partial charge in [-0.25, -0.2) is 4.79 Å². The van der Waals surface area contributed by atoms with Crippen molar-refractivity contribution in [3.05, 3.63) is 11.3 Å². The predicted octanol–water partition coefficient (Wildman–Crippen LogP) is 1.46. The maximum absolute atomic E-state index is 12.1. The van der Waals surface area contributed by atoms with Gasteiger partial charge >= 0.3 is 5.97 Å². The van der Waals surface area contributed by atoms with E-state index in [1.54, 1.807) is 13.8 Å². The average molecular weight is 271 g/mol. The molecule has 0 aliphatic carbocycles. The summed E-state index contributed by atoms with van der Waals surface area (Å²) in [7, 11) is 0. The first kappa shape index (κ1) is 14.6. The number of aryl methyl sites for hydroxylation is 1. The van der Waals surface area contributed by atoms with Gasteiger partial charge in [0.05, 0.1) is 11.1 Å². The number of hydrogen-bond acceptors (Lipinski definition) is 5. The van der Waals surface area contributed by atoms with E-state index < -0.39 is 11.4 Å². The van der Waals surface area contributed by atoms with Crippen LogP contribution in [0.4, 0.5) is 5.00 Å². The molecule has 0 aliphatic heterocycles. The minimum absolute atomic E-state index is 0.0452. The van der Waals surface area contributed by atoms with Crippen LogP contribution in [0.1, 0.15) is 36.3 Å². The Bertz CT molecular complexity index is 466. The number of amides is 1. The normalized spacial score (nSPS) is 14.0. The molecule has 100 valence electrons. The molecule has 0 fully saturated rings. The number of hydrogen-bond donors (Lipinski definition) is 3. The third-order valence-corrected chi connectivity index (χ3v) is 3.94. The largest absolute Gasteiger partial charge is 0.478 e. The minimum atomic E-state index is -1.09. The Morgan fingerprint density at radius 2 is 2.17 bits per heavy atom. The number of nitrogens with two attached hydrogens (primary N) is 1. The Hall–Kier alpha value is -1.47. The van der Waals surface area contributed by atoms with Crippen LogP contribution < -0.4 is 11.1 Å². The monoisotopic (exact) mass is 271 g/mol. The first-order valence-corrected chi connectivity index (χ1v) is 6.34. The molecule has 0 spiro atoms. The maximum Gasteiger partial charge on any atom is 0.340 e. The van der Waals surface area contributed by atoms with Gasteiger partial charge in [-0.15, -0.1) is 0 Å². The van der Waals surface area contributed by atoms with Gasteiger partial charge in [-0.2, -0.15) is 4.37 Å². The Labute approximate surface area is 109 Å². The zero-order valence-electron chi connectivity index (χ0n) is 10.6. The van der Waals surface area contributed by atoms with E-state index in [1.165, 1.54) is 0 Å². The summed E-state index contributed by atoms with van der Waals surface area (Å²) in [4.78, 5) is 23.1. The molecule has 0 aliphatic rings. The van der Waals surface area contributed by atoms with Crippen LogP contribution in [-0.4, -0.2) is 27.9 Å². The van der Waals surface area contributed by atoms with E-state index >= 15 is 0 Å². The second-order valence-electron chi connectivity index (χ2n) is 4.35. The average Bonchev–Trinajstić information content (AvgIpc) is 2.69. The summed E-state index contributed by atoms with van der Waals surface area (Å²) in [5.74, 6) is -1.37. The van der Waals surface area contributed by atoms with Crippen molar-refractivity contribution in [3.63, 3.8) is 0 Å². The van der Waals surface area contributed by atoms with E-state index in [-0.39, 0.29) is 23.0 Å². The van der Waals surface area contributed by atoms with Crippen LogP contribution in [0.25, 0.3) is 0 Å². The summed E-state index contributed by atoms with van der Waals surface area (Å²) >= 11 is 0.966. The zero-order valence-corrected chi connectivity index (χ0v) is 11.4. The van der Waals surface area contributed by atoms with Gasteiger partial charge in [0.15, 0.2) is 0 Å². The van der Waals surface area contributed by atoms with Gasteiger partial charge in [-0.05, 0) is 31.8 Å². The molecule has 0 saturated heterocycles. The molecule has 0 aromatic carbocycles. The van der Waals surface area contributed by atoms with E-state index in [1.807, 2.05) is 6.92 Å². The Morgan fingerprint density at radius 1 is 1.56 bits per heavy atom. The molecular weight excluding hydrogens is 254 g/mol. The van der Waals surface area contributed by atoms with Gasteiger partial charge < -0.3 is 16.2 Å². The first-order valence-electron chi connectivity index (χ1n) is 5.56. The van der Waals surface area contributed by atoms with Crippen LogP contribution in [-0.2, 0) is 4.79 Å². The molecule has 1 rings (SSSR count). The van der Waals surface area contributed by atoms with Crippen molar-refractivity contribution < 1.29 is 14.7 Å². The molecule has 1 aromatic heterocycles. The zero-order chi connectivity index (χ0) is 13.9. The van der Waals surface area contributed by atoms with Crippen molar-refractivity contribution in [2.45, 2.75) is 27.2 Å². The summed E-state index contributed by atoms with van der Waals surface area (Å²) < 4.78 is 3.94. The number of rotatable bonds is 5. The van der Waals surface area contributed by atoms with Gasteiger partial charge in [-0.1, -0.05) is 6.92 Å². The smallest absolute Gasteiger partial charge is 0.340 e. The fourth-order valence-electron chi connectivity index (χ4n) is 1.36. The molecule has 6 nitrogen and oxygen atoms in total. The van der Waals surface area contributed by atoms with Gasteiger partial charge in [0, 0.05) is 6.54 Å². The number of carbonyl (C=O) groups excluding carboxylic acids is 1. The summed E-state index contributed by atoms with van der Waals surface area (Å²) in [6.07, 6.45) is 0.579. The second-order valence-corrected chi connectivity index (χ2v) is 5.12. The lowest BCUT2D eigenvalue weighted by Crippen LogP contribution is -2.39. The molecular formula is C11H17N3O3S. The van der Waals surface area contributed by atoms with E-state index in [0.717, 1.165) is 11.5 Å². The summed E-state index contributed by atoms with van der Waals surface area (Å²) in [5, 5.41) is 11.9. The number of nitrogens with one attached hydrogen (secondary N) is 1. The molecule has 0 bridgehead atoms. The lowest BCUT2D eigenvalue weighted by atomic mass is 9.87. The van der Waals surface area contributed by atoms with E-state index in [0.29, 0.717) is 12.1 Å². The molecule has 1 atom stereocenters. The minimum Gasteiger partial charge on any atom is -0.478 e. The molecule has 7 heteroatoms. The lowest BCUT2D eigenvalue weighted by molar-refractivity contribution is -0.124. The quantitative estimate of drug-likeness (QED) is 0.752. The molecule has 1 amide bonds. The first-order chi connectivity index (χ1) is 8.35. The summed E-state index contributed by atoms with van der Waals surface area (Å²) in [5.41, 5.74) is 5.33. The van der Waals surface area contributed by atoms with Crippen molar-refractivity contribution >= 4 is 28.4 Å². The van der Waals surface area contributed by atoms with E-state index in [2.05, 4.69) is 9.69 Å². The number of carbonyl (C=O) groups is 2. The van der Waals surface area contributed by atoms with Crippen molar-refractivity contribution in [2.24, 2.45) is 11.1 Å². The van der Waals surface area contributed by atoms with E-state index in [9.17, 15) is 9.59 Å². The topological polar surface area (TPSA) is 105 Å². The number of carboxylic acids is 1. The highest BCUT2D eigenvalue weighted by molar-refractivity contribution is 7.11. The fraction of sp³-hybridized carbons (Fsp3) is 0.545. The fourth-order valence-corrected chi connectivity index (χ4v) is 2.14. The second kappa shape index (κ2) is 5.45. The number of nitrogens with zero attached hydrogens (tertiary/aromatic N) is 1. The number of aromatic carboxylic acids is 1. The third kappa shape index (κ3) is 2.68. The van der Waals surface area contributed by atoms with Gasteiger partial charge in [0.25, 0.3) is 0 Å². The van der Waals surface area contributed by atoms with Crippen LogP contribution in [0.3, 0.4) is 0 Å². The van der Waals surface area contributed by atoms with Gasteiger partial charge in [0.1, 0.15) is 10.6 Å². The van der Waals surface area contributed by atoms with Crippen LogP contribution >= 0.6 is 11.5 Å². The number of carboxylic acid groups (broad SMARTS) is 1. The van der Waals surface area contributed by atoms with Crippen molar-refractivity contribution in [2.75, 3.05) is 11.9 Å². The van der Waals surface area contributed by atoms with Crippen LogP contribution in [0.5, 0.6) is 0 Å². The van der Waals surface area contributed by atoms with Crippen molar-refractivity contribution in [3.8, 4) is 0 Å². The Kier molecular flexibility index (Phi) is 4.42. The van der Waals surface area contributed by atoms with Crippen LogP contribution in [0.15, 0.2) is 0 Å². The molecule has 18 heavy (non-hydrogen) atoms. The summed E-state index contributed by atoms with van der Waals surface area (Å²) in [6, 6.07) is 0. The molecule has 0 radical (unpaired) electrons.